The fourth-order valence-electron chi connectivity index (χ4n) is 2.21. The average Bonchev–Trinajstić information content (AvgIpc) is 3.08. The van der Waals surface area contributed by atoms with E-state index in [-0.39, 0.29) is 23.2 Å². The zero-order valence-corrected chi connectivity index (χ0v) is 14.1. The van der Waals surface area contributed by atoms with Crippen molar-refractivity contribution in [3.63, 3.8) is 0 Å². The first-order chi connectivity index (χ1) is 11.5. The van der Waals surface area contributed by atoms with Crippen molar-refractivity contribution in [2.75, 3.05) is 34.4 Å². The molecule has 0 aliphatic rings. The lowest BCUT2D eigenvalue weighted by Crippen LogP contribution is -2.36. The molecule has 0 radical (unpaired) electrons. The SMILES string of the molecule is COCCn1nc(C(=O)NC[C@H](c2ccco2)N(C)C)ccc1=O. The van der Waals surface area contributed by atoms with Gasteiger partial charge in [-0.25, -0.2) is 4.68 Å². The van der Waals surface area contributed by atoms with Crippen LogP contribution in [0.15, 0.2) is 39.7 Å². The van der Waals surface area contributed by atoms with E-state index in [9.17, 15) is 9.59 Å². The van der Waals surface area contributed by atoms with Crippen molar-refractivity contribution in [1.82, 2.24) is 20.0 Å². The smallest absolute Gasteiger partial charge is 0.271 e. The predicted molar refractivity (Wildman–Crippen MR) is 87.8 cm³/mol. The summed E-state index contributed by atoms with van der Waals surface area (Å²) in [5.41, 5.74) is -0.0898. The van der Waals surface area contributed by atoms with Crippen LogP contribution in [0.1, 0.15) is 22.3 Å². The first kappa shape index (κ1) is 17.9. The van der Waals surface area contributed by atoms with Crippen LogP contribution in [0, 0.1) is 0 Å². The topological polar surface area (TPSA) is 89.6 Å². The Bertz CT molecular complexity index is 709. The molecule has 0 aliphatic heterocycles. The Morgan fingerprint density at radius 3 is 2.83 bits per heavy atom. The molecule has 0 unspecified atom stereocenters. The first-order valence-electron chi connectivity index (χ1n) is 7.58. The molecule has 8 nitrogen and oxygen atoms in total. The molecule has 24 heavy (non-hydrogen) atoms. The fraction of sp³-hybridized carbons (Fsp3) is 0.438. The maximum Gasteiger partial charge on any atom is 0.271 e. The Balaban J connectivity index is 2.05. The maximum atomic E-state index is 12.3. The van der Waals surface area contributed by atoms with Crippen LogP contribution in [0.5, 0.6) is 0 Å². The number of furan rings is 1. The van der Waals surface area contributed by atoms with Crippen LogP contribution in [0.25, 0.3) is 0 Å². The Morgan fingerprint density at radius 1 is 1.42 bits per heavy atom. The van der Waals surface area contributed by atoms with E-state index in [1.165, 1.54) is 23.9 Å². The lowest BCUT2D eigenvalue weighted by molar-refractivity contribution is 0.0930. The number of ether oxygens (including phenoxy) is 1. The summed E-state index contributed by atoms with van der Waals surface area (Å²) < 4.78 is 11.6. The number of carbonyl (C=O) groups is 1. The quantitative estimate of drug-likeness (QED) is 0.757. The van der Waals surface area contributed by atoms with E-state index in [2.05, 4.69) is 10.4 Å². The first-order valence-corrected chi connectivity index (χ1v) is 7.58. The van der Waals surface area contributed by atoms with Crippen molar-refractivity contribution in [2.24, 2.45) is 0 Å². The zero-order chi connectivity index (χ0) is 17.5. The maximum absolute atomic E-state index is 12.3. The Hall–Kier alpha value is -2.45. The van der Waals surface area contributed by atoms with Crippen LogP contribution in [-0.4, -0.2) is 54.9 Å². The third kappa shape index (κ3) is 4.53. The molecule has 0 aromatic carbocycles. The molecule has 1 atom stereocenters. The molecule has 2 heterocycles. The van der Waals surface area contributed by atoms with Crippen molar-refractivity contribution in [3.8, 4) is 0 Å². The van der Waals surface area contributed by atoms with Gasteiger partial charge in [-0.1, -0.05) is 0 Å². The molecule has 8 heteroatoms. The van der Waals surface area contributed by atoms with Gasteiger partial charge in [-0.2, -0.15) is 5.10 Å². The van der Waals surface area contributed by atoms with Crippen LogP contribution in [-0.2, 0) is 11.3 Å². The van der Waals surface area contributed by atoms with E-state index in [1.54, 1.807) is 12.3 Å². The van der Waals surface area contributed by atoms with Crippen molar-refractivity contribution in [3.05, 3.63) is 52.3 Å². The van der Waals surface area contributed by atoms with Gasteiger partial charge >= 0.3 is 0 Å². The molecule has 0 fully saturated rings. The van der Waals surface area contributed by atoms with E-state index in [1.807, 2.05) is 25.1 Å². The second-order valence-corrected chi connectivity index (χ2v) is 5.48. The molecule has 2 aromatic rings. The molecule has 0 spiro atoms. The van der Waals surface area contributed by atoms with Crippen molar-refractivity contribution in [2.45, 2.75) is 12.6 Å². The molecule has 0 saturated heterocycles. The van der Waals surface area contributed by atoms with Crippen LogP contribution in [0.2, 0.25) is 0 Å². The summed E-state index contributed by atoms with van der Waals surface area (Å²) in [5.74, 6) is 0.415. The number of nitrogens with zero attached hydrogens (tertiary/aromatic N) is 3. The highest BCUT2D eigenvalue weighted by atomic mass is 16.5. The van der Waals surface area contributed by atoms with Crippen LogP contribution < -0.4 is 10.9 Å². The van der Waals surface area contributed by atoms with Gasteiger partial charge in [0.2, 0.25) is 0 Å². The number of hydrogen-bond donors (Lipinski definition) is 1. The number of aromatic nitrogens is 2. The minimum absolute atomic E-state index is 0.0941. The summed E-state index contributed by atoms with van der Waals surface area (Å²) in [6, 6.07) is 6.32. The van der Waals surface area contributed by atoms with Gasteiger partial charge in [-0.05, 0) is 32.3 Å². The molecule has 0 aliphatic carbocycles. The standard InChI is InChI=1S/C16H22N4O4/c1-19(2)13(14-5-4-9-24-14)11-17-16(22)12-6-7-15(21)20(18-12)8-10-23-3/h4-7,9,13H,8,10-11H2,1-3H3,(H,17,22)/t13-/m1/s1. The van der Waals surface area contributed by atoms with Gasteiger partial charge in [0.1, 0.15) is 11.5 Å². The number of likely N-dealkylation sites (N-methyl/N-ethyl adjacent to an activating group) is 1. The van der Waals surface area contributed by atoms with Crippen molar-refractivity contribution in [1.29, 1.82) is 0 Å². The van der Waals surface area contributed by atoms with Crippen molar-refractivity contribution < 1.29 is 13.9 Å². The van der Waals surface area contributed by atoms with Gasteiger partial charge in [0.15, 0.2) is 0 Å². The molecule has 1 N–H and O–H groups in total. The monoisotopic (exact) mass is 334 g/mol. The van der Waals surface area contributed by atoms with Gasteiger partial charge in [0.05, 0.1) is 25.5 Å². The number of nitrogens with one attached hydrogen (secondary N) is 1. The van der Waals surface area contributed by atoms with E-state index in [0.29, 0.717) is 19.7 Å². The third-order valence-corrected chi connectivity index (χ3v) is 3.56. The average molecular weight is 334 g/mol. The largest absolute Gasteiger partial charge is 0.468 e. The molecule has 2 aromatic heterocycles. The molecular weight excluding hydrogens is 312 g/mol. The van der Waals surface area contributed by atoms with Gasteiger partial charge in [-0.3, -0.25) is 14.5 Å². The molecule has 1 amide bonds. The van der Waals surface area contributed by atoms with E-state index in [0.717, 1.165) is 5.76 Å². The highest BCUT2D eigenvalue weighted by molar-refractivity contribution is 5.92. The Morgan fingerprint density at radius 2 is 2.21 bits per heavy atom. The van der Waals surface area contributed by atoms with Gasteiger partial charge in [-0.15, -0.1) is 0 Å². The summed E-state index contributed by atoms with van der Waals surface area (Å²) >= 11 is 0. The van der Waals surface area contributed by atoms with Gasteiger partial charge in [0, 0.05) is 19.7 Å². The number of rotatable bonds is 8. The summed E-state index contributed by atoms with van der Waals surface area (Å²) in [4.78, 5) is 26.0. The predicted octanol–water partition coefficient (Wildman–Crippen LogP) is 0.515. The lowest BCUT2D eigenvalue weighted by atomic mass is 10.2. The number of hydrogen-bond acceptors (Lipinski definition) is 6. The minimum atomic E-state index is -0.348. The van der Waals surface area contributed by atoms with Crippen LogP contribution in [0.4, 0.5) is 0 Å². The number of amides is 1. The van der Waals surface area contributed by atoms with E-state index < -0.39 is 0 Å². The summed E-state index contributed by atoms with van der Waals surface area (Å²) in [6.07, 6.45) is 1.60. The van der Waals surface area contributed by atoms with E-state index >= 15 is 0 Å². The second-order valence-electron chi connectivity index (χ2n) is 5.48. The minimum Gasteiger partial charge on any atom is -0.468 e. The Kier molecular flexibility index (Phi) is 6.28. The zero-order valence-electron chi connectivity index (χ0n) is 14.1. The molecular formula is C16H22N4O4. The number of methoxy groups -OCH3 is 1. The van der Waals surface area contributed by atoms with Gasteiger partial charge in [0.25, 0.3) is 11.5 Å². The molecule has 2 rings (SSSR count). The molecule has 130 valence electrons. The lowest BCUT2D eigenvalue weighted by Gasteiger charge is -2.22. The van der Waals surface area contributed by atoms with Crippen molar-refractivity contribution >= 4 is 5.91 Å². The number of carbonyl (C=O) groups excluding carboxylic acids is 1. The summed E-state index contributed by atoms with van der Waals surface area (Å²) in [6.45, 7) is 1.00. The third-order valence-electron chi connectivity index (χ3n) is 3.56. The second kappa shape index (κ2) is 8.42. The van der Waals surface area contributed by atoms with E-state index in [4.69, 9.17) is 9.15 Å². The van der Waals surface area contributed by atoms with Gasteiger partial charge < -0.3 is 14.5 Å². The normalized spacial score (nSPS) is 12.3. The molecule has 0 bridgehead atoms. The summed E-state index contributed by atoms with van der Waals surface area (Å²) in [5, 5.41) is 6.89. The van der Waals surface area contributed by atoms with Crippen LogP contribution in [0.3, 0.4) is 0 Å². The Labute approximate surface area is 140 Å². The summed E-state index contributed by atoms with van der Waals surface area (Å²) in [7, 11) is 5.35. The highest BCUT2D eigenvalue weighted by Crippen LogP contribution is 2.17. The van der Waals surface area contributed by atoms with Crippen LogP contribution >= 0.6 is 0 Å². The molecule has 0 saturated carbocycles. The fourth-order valence-corrected chi connectivity index (χ4v) is 2.21. The highest BCUT2D eigenvalue weighted by Gasteiger charge is 2.19.